The van der Waals surface area contributed by atoms with Crippen molar-refractivity contribution in [3.63, 3.8) is 0 Å². The molecule has 0 saturated carbocycles. The van der Waals surface area contributed by atoms with Gasteiger partial charge in [-0.2, -0.15) is 5.26 Å². The van der Waals surface area contributed by atoms with Crippen molar-refractivity contribution in [2.45, 2.75) is 13.8 Å². The number of anilines is 1. The zero-order chi connectivity index (χ0) is 13.8. The van der Waals surface area contributed by atoms with E-state index in [2.05, 4.69) is 10.3 Å². The Balaban J connectivity index is 2.21. The number of amides is 1. The summed E-state index contributed by atoms with van der Waals surface area (Å²) in [6.07, 6.45) is 1.39. The molecule has 0 unspecified atom stereocenters. The Morgan fingerprint density at radius 2 is 2.05 bits per heavy atom. The lowest BCUT2D eigenvalue weighted by Crippen LogP contribution is -2.14. The molecule has 1 aromatic heterocycles. The van der Waals surface area contributed by atoms with Crippen LogP contribution < -0.4 is 5.32 Å². The number of benzene rings is 1. The van der Waals surface area contributed by atoms with Crippen LogP contribution >= 0.6 is 0 Å². The SMILES string of the molecule is Cc1ccc(C)c(NC(=O)c2ccc(C#N)cn2)c1. The van der Waals surface area contributed by atoms with E-state index >= 15 is 0 Å². The Morgan fingerprint density at radius 1 is 1.26 bits per heavy atom. The summed E-state index contributed by atoms with van der Waals surface area (Å²) >= 11 is 0. The third-order valence-electron chi connectivity index (χ3n) is 2.77. The lowest BCUT2D eigenvalue weighted by molar-refractivity contribution is 0.102. The zero-order valence-corrected chi connectivity index (χ0v) is 10.8. The number of aryl methyl sites for hydroxylation is 2. The highest BCUT2D eigenvalue weighted by atomic mass is 16.1. The van der Waals surface area contributed by atoms with E-state index in [1.54, 1.807) is 12.1 Å². The van der Waals surface area contributed by atoms with Crippen molar-refractivity contribution in [1.82, 2.24) is 4.98 Å². The Hall–Kier alpha value is -2.67. The number of nitrogens with zero attached hydrogens (tertiary/aromatic N) is 2. The van der Waals surface area contributed by atoms with Gasteiger partial charge in [-0.15, -0.1) is 0 Å². The fourth-order valence-electron chi connectivity index (χ4n) is 1.65. The minimum Gasteiger partial charge on any atom is -0.320 e. The summed E-state index contributed by atoms with van der Waals surface area (Å²) in [5.74, 6) is -0.279. The number of carbonyl (C=O) groups excluding carboxylic acids is 1. The molecule has 0 aliphatic carbocycles. The smallest absolute Gasteiger partial charge is 0.274 e. The minimum absolute atomic E-state index is 0.279. The maximum Gasteiger partial charge on any atom is 0.274 e. The number of rotatable bonds is 2. The van der Waals surface area contributed by atoms with E-state index in [-0.39, 0.29) is 5.91 Å². The van der Waals surface area contributed by atoms with Crippen molar-refractivity contribution in [2.24, 2.45) is 0 Å². The van der Waals surface area contributed by atoms with Crippen LogP contribution in [0.1, 0.15) is 27.2 Å². The summed E-state index contributed by atoms with van der Waals surface area (Å²) in [5, 5.41) is 11.5. The molecule has 0 fully saturated rings. The van der Waals surface area contributed by atoms with Crippen LogP contribution in [0.25, 0.3) is 0 Å². The van der Waals surface area contributed by atoms with Crippen LogP contribution in [0.15, 0.2) is 36.5 Å². The van der Waals surface area contributed by atoms with Gasteiger partial charge in [0.15, 0.2) is 0 Å². The molecular formula is C15H13N3O. The summed E-state index contributed by atoms with van der Waals surface area (Å²) in [7, 11) is 0. The second kappa shape index (κ2) is 5.32. The van der Waals surface area contributed by atoms with Gasteiger partial charge in [-0.3, -0.25) is 4.79 Å². The number of nitriles is 1. The van der Waals surface area contributed by atoms with E-state index in [4.69, 9.17) is 5.26 Å². The van der Waals surface area contributed by atoms with Crippen LogP contribution in [0.4, 0.5) is 5.69 Å². The number of hydrogen-bond acceptors (Lipinski definition) is 3. The van der Waals surface area contributed by atoms with Crippen molar-refractivity contribution in [1.29, 1.82) is 5.26 Å². The zero-order valence-electron chi connectivity index (χ0n) is 10.8. The number of pyridine rings is 1. The van der Waals surface area contributed by atoms with Crippen LogP contribution in [-0.2, 0) is 0 Å². The van der Waals surface area contributed by atoms with Gasteiger partial charge in [0.25, 0.3) is 5.91 Å². The first-order valence-electron chi connectivity index (χ1n) is 5.85. The fourth-order valence-corrected chi connectivity index (χ4v) is 1.65. The summed E-state index contributed by atoms with van der Waals surface area (Å²) in [6, 6.07) is 10.9. The third kappa shape index (κ3) is 2.96. The number of hydrogen-bond donors (Lipinski definition) is 1. The average molecular weight is 251 g/mol. The van der Waals surface area contributed by atoms with Gasteiger partial charge in [0.05, 0.1) is 5.56 Å². The van der Waals surface area contributed by atoms with Crippen LogP contribution in [-0.4, -0.2) is 10.9 Å². The molecule has 1 amide bonds. The van der Waals surface area contributed by atoms with E-state index < -0.39 is 0 Å². The van der Waals surface area contributed by atoms with Crippen LogP contribution in [0.5, 0.6) is 0 Å². The Morgan fingerprint density at radius 3 is 2.68 bits per heavy atom. The molecule has 2 aromatic rings. The molecule has 1 heterocycles. The molecule has 0 atom stereocenters. The van der Waals surface area contributed by atoms with Gasteiger partial charge in [-0.05, 0) is 43.2 Å². The van der Waals surface area contributed by atoms with E-state index in [0.29, 0.717) is 11.3 Å². The molecular weight excluding hydrogens is 238 g/mol. The van der Waals surface area contributed by atoms with E-state index in [1.165, 1.54) is 6.20 Å². The molecule has 0 spiro atoms. The fraction of sp³-hybridized carbons (Fsp3) is 0.133. The topological polar surface area (TPSA) is 65.8 Å². The van der Waals surface area contributed by atoms with Gasteiger partial charge in [0.1, 0.15) is 11.8 Å². The molecule has 0 bridgehead atoms. The molecule has 0 aliphatic heterocycles. The second-order valence-electron chi connectivity index (χ2n) is 4.32. The highest BCUT2D eigenvalue weighted by Crippen LogP contribution is 2.17. The van der Waals surface area contributed by atoms with E-state index in [1.807, 2.05) is 38.1 Å². The summed E-state index contributed by atoms with van der Waals surface area (Å²) < 4.78 is 0. The van der Waals surface area contributed by atoms with Crippen molar-refractivity contribution in [3.8, 4) is 6.07 Å². The standard InChI is InChI=1S/C15H13N3O/c1-10-3-4-11(2)14(7-10)18-15(19)13-6-5-12(8-16)9-17-13/h3-7,9H,1-2H3,(H,18,19). The van der Waals surface area contributed by atoms with Crippen molar-refractivity contribution in [3.05, 3.63) is 58.9 Å². The number of nitrogens with one attached hydrogen (secondary N) is 1. The molecule has 19 heavy (non-hydrogen) atoms. The van der Waals surface area contributed by atoms with Gasteiger partial charge in [0.2, 0.25) is 0 Å². The molecule has 0 saturated heterocycles. The Bertz CT molecular complexity index is 654. The lowest BCUT2D eigenvalue weighted by Gasteiger charge is -2.08. The van der Waals surface area contributed by atoms with Crippen LogP contribution in [0, 0.1) is 25.2 Å². The highest BCUT2D eigenvalue weighted by Gasteiger charge is 2.09. The van der Waals surface area contributed by atoms with Crippen molar-refractivity contribution >= 4 is 11.6 Å². The highest BCUT2D eigenvalue weighted by molar-refractivity contribution is 6.03. The van der Waals surface area contributed by atoms with Crippen LogP contribution in [0.3, 0.4) is 0 Å². The van der Waals surface area contributed by atoms with Gasteiger partial charge >= 0.3 is 0 Å². The lowest BCUT2D eigenvalue weighted by atomic mass is 10.1. The summed E-state index contributed by atoms with van der Waals surface area (Å²) in [6.45, 7) is 3.90. The minimum atomic E-state index is -0.279. The molecule has 4 heteroatoms. The first-order chi connectivity index (χ1) is 9.10. The predicted octanol–water partition coefficient (Wildman–Crippen LogP) is 2.82. The maximum absolute atomic E-state index is 12.0. The van der Waals surface area contributed by atoms with Gasteiger partial charge in [-0.25, -0.2) is 4.98 Å². The van der Waals surface area contributed by atoms with Gasteiger partial charge < -0.3 is 5.32 Å². The first-order valence-corrected chi connectivity index (χ1v) is 5.85. The van der Waals surface area contributed by atoms with E-state index in [0.717, 1.165) is 16.8 Å². The predicted molar refractivity (Wildman–Crippen MR) is 72.8 cm³/mol. The number of carbonyl (C=O) groups is 1. The van der Waals surface area contributed by atoms with Crippen molar-refractivity contribution in [2.75, 3.05) is 5.32 Å². The monoisotopic (exact) mass is 251 g/mol. The molecule has 94 valence electrons. The third-order valence-corrected chi connectivity index (χ3v) is 2.77. The maximum atomic E-state index is 12.0. The summed E-state index contributed by atoms with van der Waals surface area (Å²) in [5.41, 5.74) is 3.57. The summed E-state index contributed by atoms with van der Waals surface area (Å²) in [4.78, 5) is 16.0. The largest absolute Gasteiger partial charge is 0.320 e. The Kier molecular flexibility index (Phi) is 3.58. The molecule has 1 N–H and O–H groups in total. The molecule has 2 rings (SSSR count). The molecule has 0 aliphatic rings. The van der Waals surface area contributed by atoms with Gasteiger partial charge in [-0.1, -0.05) is 12.1 Å². The van der Waals surface area contributed by atoms with E-state index in [9.17, 15) is 4.79 Å². The average Bonchev–Trinajstić information content (AvgIpc) is 2.43. The van der Waals surface area contributed by atoms with Crippen LogP contribution in [0.2, 0.25) is 0 Å². The molecule has 4 nitrogen and oxygen atoms in total. The normalized spacial score (nSPS) is 9.74. The molecule has 0 radical (unpaired) electrons. The Labute approximate surface area is 111 Å². The first kappa shape index (κ1) is 12.8. The second-order valence-corrected chi connectivity index (χ2v) is 4.32. The number of aromatic nitrogens is 1. The molecule has 1 aromatic carbocycles. The van der Waals surface area contributed by atoms with Gasteiger partial charge in [0, 0.05) is 11.9 Å². The van der Waals surface area contributed by atoms with Crippen molar-refractivity contribution < 1.29 is 4.79 Å². The quantitative estimate of drug-likeness (QED) is 0.892.